The maximum atomic E-state index is 10.7. The molecule has 1 N–H and O–H groups in total. The summed E-state index contributed by atoms with van der Waals surface area (Å²) in [6, 6.07) is 17.5. The molecule has 0 saturated carbocycles. The van der Waals surface area contributed by atoms with Gasteiger partial charge < -0.3 is 19.3 Å². The van der Waals surface area contributed by atoms with Crippen LogP contribution in [0.1, 0.15) is 25.3 Å². The smallest absolute Gasteiger partial charge is 0.222 e. The number of para-hydroxylation sites is 1. The summed E-state index contributed by atoms with van der Waals surface area (Å²) >= 11 is 6.41. The molecule has 2 unspecified atom stereocenters. The molecule has 0 radical (unpaired) electrons. The summed E-state index contributed by atoms with van der Waals surface area (Å²) in [5.74, 6) is 1.19. The van der Waals surface area contributed by atoms with E-state index in [-0.39, 0.29) is 6.10 Å². The van der Waals surface area contributed by atoms with Gasteiger partial charge in [0.05, 0.1) is 29.4 Å². The number of aliphatic hydroxyl groups is 1. The third-order valence-electron chi connectivity index (χ3n) is 6.03. The zero-order valence-electron chi connectivity index (χ0n) is 20.4. The molecule has 1 saturated heterocycles. The molecule has 8 heteroatoms. The van der Waals surface area contributed by atoms with Gasteiger partial charge in [-0.25, -0.2) is 4.68 Å². The summed E-state index contributed by atoms with van der Waals surface area (Å²) in [7, 11) is 1.87. The number of aliphatic hydroxyl groups excluding tert-OH is 1. The van der Waals surface area contributed by atoms with Crippen molar-refractivity contribution in [3.05, 3.63) is 65.2 Å². The Labute approximate surface area is 212 Å². The lowest BCUT2D eigenvalue weighted by Gasteiger charge is -2.27. The number of hydrogen-bond donors (Lipinski definition) is 1. The number of aryl methyl sites for hydroxylation is 1. The van der Waals surface area contributed by atoms with Gasteiger partial charge in [0.1, 0.15) is 11.4 Å². The fourth-order valence-electron chi connectivity index (χ4n) is 4.39. The average molecular weight is 500 g/mol. The molecule has 2 heterocycles. The Hall–Kier alpha value is -2.42. The Morgan fingerprint density at radius 1 is 1.20 bits per heavy atom. The minimum Gasteiger partial charge on any atom is -0.437 e. The molecule has 0 bridgehead atoms. The van der Waals surface area contributed by atoms with E-state index in [2.05, 4.69) is 4.90 Å². The monoisotopic (exact) mass is 499 g/mol. The Morgan fingerprint density at radius 2 is 1.97 bits per heavy atom. The third kappa shape index (κ3) is 6.84. The molecule has 0 aliphatic carbocycles. The molecule has 3 aromatic rings. The van der Waals surface area contributed by atoms with Crippen molar-refractivity contribution in [3.8, 4) is 22.9 Å². The standard InChI is InChI=1S/C27H34ClN3O4/c1-3-33-19-21(32)16-31(17-22-12-9-15-34-22)18-23-26(20-10-5-4-6-11-20)29-30(2)27(23)35-25-14-8-7-13-24(25)28/h4-8,10-11,13-14,21-22,32H,3,9,12,15-19H2,1-2H3. The molecule has 0 spiro atoms. The highest BCUT2D eigenvalue weighted by atomic mass is 35.5. The highest BCUT2D eigenvalue weighted by Crippen LogP contribution is 2.36. The molecule has 1 aliphatic rings. The van der Waals surface area contributed by atoms with Gasteiger partial charge in [0.2, 0.25) is 5.88 Å². The van der Waals surface area contributed by atoms with E-state index in [4.69, 9.17) is 30.9 Å². The van der Waals surface area contributed by atoms with E-state index in [1.54, 1.807) is 10.7 Å². The minimum atomic E-state index is -0.610. The van der Waals surface area contributed by atoms with Crippen molar-refractivity contribution >= 4 is 11.6 Å². The molecule has 2 aromatic carbocycles. The van der Waals surface area contributed by atoms with Gasteiger partial charge in [0.15, 0.2) is 0 Å². The lowest BCUT2D eigenvalue weighted by atomic mass is 10.1. The second kappa shape index (κ2) is 12.5. The van der Waals surface area contributed by atoms with E-state index >= 15 is 0 Å². The normalized spacial score (nSPS) is 16.7. The Kier molecular flexibility index (Phi) is 9.18. The summed E-state index contributed by atoms with van der Waals surface area (Å²) in [5.41, 5.74) is 2.77. The number of nitrogens with zero attached hydrogens (tertiary/aromatic N) is 3. The molecule has 2 atom stereocenters. The quantitative estimate of drug-likeness (QED) is 0.382. The minimum absolute atomic E-state index is 0.138. The summed E-state index contributed by atoms with van der Waals surface area (Å²) < 4.78 is 19.5. The van der Waals surface area contributed by atoms with Crippen molar-refractivity contribution in [2.45, 2.75) is 38.5 Å². The van der Waals surface area contributed by atoms with Crippen LogP contribution in [0.15, 0.2) is 54.6 Å². The Balaban J connectivity index is 1.68. The molecular weight excluding hydrogens is 466 g/mol. The molecule has 1 aromatic heterocycles. The molecular formula is C27H34ClN3O4. The van der Waals surface area contributed by atoms with Crippen LogP contribution in [0.4, 0.5) is 0 Å². The van der Waals surface area contributed by atoms with Gasteiger partial charge in [-0.15, -0.1) is 0 Å². The summed E-state index contributed by atoms with van der Waals surface area (Å²) in [5, 5.41) is 16.0. The summed E-state index contributed by atoms with van der Waals surface area (Å²) in [4.78, 5) is 2.21. The van der Waals surface area contributed by atoms with Crippen LogP contribution in [0.25, 0.3) is 11.3 Å². The molecule has 4 rings (SSSR count). The van der Waals surface area contributed by atoms with Crippen LogP contribution in [-0.2, 0) is 23.1 Å². The van der Waals surface area contributed by atoms with Gasteiger partial charge in [-0.2, -0.15) is 5.10 Å². The SMILES string of the molecule is CCOCC(O)CN(Cc1c(-c2ccccc2)nn(C)c1Oc1ccccc1Cl)CC1CCCO1. The highest BCUT2D eigenvalue weighted by Gasteiger charge is 2.26. The first-order valence-electron chi connectivity index (χ1n) is 12.2. The van der Waals surface area contributed by atoms with Crippen LogP contribution >= 0.6 is 11.6 Å². The number of aromatic nitrogens is 2. The van der Waals surface area contributed by atoms with Crippen LogP contribution < -0.4 is 4.74 Å². The largest absolute Gasteiger partial charge is 0.437 e. The van der Waals surface area contributed by atoms with Crippen molar-refractivity contribution in [1.29, 1.82) is 0 Å². The molecule has 188 valence electrons. The van der Waals surface area contributed by atoms with Crippen molar-refractivity contribution in [2.24, 2.45) is 7.05 Å². The second-order valence-electron chi connectivity index (χ2n) is 8.80. The van der Waals surface area contributed by atoms with E-state index < -0.39 is 6.10 Å². The highest BCUT2D eigenvalue weighted by molar-refractivity contribution is 6.32. The van der Waals surface area contributed by atoms with E-state index in [0.717, 1.165) is 36.3 Å². The summed E-state index contributed by atoms with van der Waals surface area (Å²) in [6.07, 6.45) is 1.60. The van der Waals surface area contributed by atoms with E-state index in [0.29, 0.717) is 49.5 Å². The van der Waals surface area contributed by atoms with Crippen molar-refractivity contribution in [1.82, 2.24) is 14.7 Å². The van der Waals surface area contributed by atoms with Crippen molar-refractivity contribution < 1.29 is 19.3 Å². The van der Waals surface area contributed by atoms with Crippen LogP contribution in [0.3, 0.4) is 0 Å². The lowest BCUT2D eigenvalue weighted by molar-refractivity contribution is 0.00505. The zero-order valence-corrected chi connectivity index (χ0v) is 21.2. The van der Waals surface area contributed by atoms with Gasteiger partial charge in [0, 0.05) is 45.5 Å². The van der Waals surface area contributed by atoms with Crippen molar-refractivity contribution in [3.63, 3.8) is 0 Å². The van der Waals surface area contributed by atoms with Crippen LogP contribution in [-0.4, -0.2) is 64.9 Å². The predicted molar refractivity (Wildman–Crippen MR) is 137 cm³/mol. The first kappa shape index (κ1) is 25.7. The maximum absolute atomic E-state index is 10.7. The topological polar surface area (TPSA) is 69.0 Å². The van der Waals surface area contributed by atoms with E-state index in [1.165, 1.54) is 0 Å². The fraction of sp³-hybridized carbons (Fsp3) is 0.444. The van der Waals surface area contributed by atoms with Gasteiger partial charge >= 0.3 is 0 Å². The predicted octanol–water partition coefficient (Wildman–Crippen LogP) is 4.91. The first-order chi connectivity index (χ1) is 17.0. The maximum Gasteiger partial charge on any atom is 0.222 e. The van der Waals surface area contributed by atoms with Crippen molar-refractivity contribution in [2.75, 3.05) is 32.9 Å². The molecule has 0 amide bonds. The Bertz CT molecular complexity index is 1070. The number of halogens is 1. The number of benzene rings is 2. The van der Waals surface area contributed by atoms with Gasteiger partial charge in [-0.1, -0.05) is 54.1 Å². The number of hydrogen-bond acceptors (Lipinski definition) is 6. The zero-order chi connectivity index (χ0) is 24.6. The average Bonchev–Trinajstić information content (AvgIpc) is 3.48. The van der Waals surface area contributed by atoms with Crippen LogP contribution in [0.5, 0.6) is 11.6 Å². The number of rotatable bonds is 12. The van der Waals surface area contributed by atoms with Crippen LogP contribution in [0, 0.1) is 0 Å². The second-order valence-corrected chi connectivity index (χ2v) is 9.20. The molecule has 7 nitrogen and oxygen atoms in total. The van der Waals surface area contributed by atoms with Gasteiger partial charge in [-0.3, -0.25) is 4.90 Å². The third-order valence-corrected chi connectivity index (χ3v) is 6.34. The molecule has 1 fully saturated rings. The van der Waals surface area contributed by atoms with E-state index in [1.807, 2.05) is 62.5 Å². The Morgan fingerprint density at radius 3 is 2.69 bits per heavy atom. The number of ether oxygens (including phenoxy) is 3. The van der Waals surface area contributed by atoms with Gasteiger partial charge in [-0.05, 0) is 31.9 Å². The van der Waals surface area contributed by atoms with E-state index in [9.17, 15) is 5.11 Å². The lowest BCUT2D eigenvalue weighted by Crippen LogP contribution is -2.39. The molecule has 1 aliphatic heterocycles. The molecule has 35 heavy (non-hydrogen) atoms. The fourth-order valence-corrected chi connectivity index (χ4v) is 4.56. The first-order valence-corrected chi connectivity index (χ1v) is 12.6. The summed E-state index contributed by atoms with van der Waals surface area (Å²) in [6.45, 7) is 5.26. The van der Waals surface area contributed by atoms with Gasteiger partial charge in [0.25, 0.3) is 0 Å². The van der Waals surface area contributed by atoms with Crippen LogP contribution in [0.2, 0.25) is 5.02 Å².